The maximum Gasteiger partial charge on any atom is 0.224 e. The van der Waals surface area contributed by atoms with E-state index in [4.69, 9.17) is 0 Å². The van der Waals surface area contributed by atoms with Gasteiger partial charge in [-0.05, 0) is 23.5 Å². The van der Waals surface area contributed by atoms with Crippen LogP contribution in [0.2, 0.25) is 0 Å². The van der Waals surface area contributed by atoms with Crippen LogP contribution in [0.15, 0.2) is 24.3 Å². The molecule has 0 fully saturated rings. The highest BCUT2D eigenvalue weighted by molar-refractivity contribution is 5.76. The fraction of sp³-hybridized carbons (Fsp3) is 0.611. The van der Waals surface area contributed by atoms with Gasteiger partial charge in [-0.3, -0.25) is 4.79 Å². The van der Waals surface area contributed by atoms with Gasteiger partial charge < -0.3 is 10.2 Å². The molecule has 0 aliphatic carbocycles. The lowest BCUT2D eigenvalue weighted by Crippen LogP contribution is -2.29. The third-order valence-corrected chi connectivity index (χ3v) is 3.66. The van der Waals surface area contributed by atoms with Crippen LogP contribution in [0.4, 0.5) is 5.69 Å². The van der Waals surface area contributed by atoms with Gasteiger partial charge in [0.1, 0.15) is 0 Å². The number of nitrogens with one attached hydrogen (secondary N) is 1. The molecule has 0 saturated carbocycles. The first kappa shape index (κ1) is 17.5. The molecule has 0 saturated heterocycles. The highest BCUT2D eigenvalue weighted by atomic mass is 16.2. The molecule has 3 nitrogen and oxygen atoms in total. The average molecular weight is 290 g/mol. The van der Waals surface area contributed by atoms with Gasteiger partial charge in [0.2, 0.25) is 5.91 Å². The van der Waals surface area contributed by atoms with Crippen molar-refractivity contribution in [3.05, 3.63) is 29.8 Å². The minimum atomic E-state index is 0.103. The molecule has 0 heterocycles. The average Bonchev–Trinajstić information content (AvgIpc) is 2.44. The molecule has 1 N–H and O–H groups in total. The number of amides is 1. The zero-order valence-corrected chi connectivity index (χ0v) is 14.2. The summed E-state index contributed by atoms with van der Waals surface area (Å²) in [4.78, 5) is 13.8. The maximum absolute atomic E-state index is 12.0. The summed E-state index contributed by atoms with van der Waals surface area (Å²) >= 11 is 0. The molecule has 0 aliphatic rings. The molecule has 1 aromatic rings. The predicted molar refractivity (Wildman–Crippen MR) is 90.8 cm³/mol. The van der Waals surface area contributed by atoms with Gasteiger partial charge in [-0.15, -0.1) is 0 Å². The molecule has 0 atom stereocenters. The maximum atomic E-state index is 12.0. The Hall–Kier alpha value is -1.51. The van der Waals surface area contributed by atoms with Gasteiger partial charge in [-0.25, -0.2) is 0 Å². The van der Waals surface area contributed by atoms with Gasteiger partial charge in [-0.1, -0.05) is 52.3 Å². The minimum Gasteiger partial charge on any atom is -0.384 e. The van der Waals surface area contributed by atoms with Gasteiger partial charge >= 0.3 is 0 Å². The SMILES string of the molecule is CCCCN(C)C(=O)CCNc1ccccc1C(C)(C)C. The van der Waals surface area contributed by atoms with E-state index in [1.54, 1.807) is 0 Å². The fourth-order valence-electron chi connectivity index (χ4n) is 2.31. The van der Waals surface area contributed by atoms with E-state index in [2.05, 4.69) is 51.2 Å². The summed E-state index contributed by atoms with van der Waals surface area (Å²) in [5.41, 5.74) is 2.52. The van der Waals surface area contributed by atoms with Crippen molar-refractivity contribution in [3.63, 3.8) is 0 Å². The van der Waals surface area contributed by atoms with Crippen LogP contribution in [0.1, 0.15) is 52.5 Å². The van der Waals surface area contributed by atoms with E-state index >= 15 is 0 Å². The number of hydrogen-bond acceptors (Lipinski definition) is 2. The summed E-state index contributed by atoms with van der Waals surface area (Å²) in [6.45, 7) is 10.3. The van der Waals surface area contributed by atoms with Gasteiger partial charge in [0.15, 0.2) is 0 Å². The topological polar surface area (TPSA) is 32.3 Å². The van der Waals surface area contributed by atoms with Crippen LogP contribution >= 0.6 is 0 Å². The van der Waals surface area contributed by atoms with Gasteiger partial charge in [-0.2, -0.15) is 0 Å². The molecule has 1 aromatic carbocycles. The summed E-state index contributed by atoms with van der Waals surface area (Å²) in [7, 11) is 1.89. The first-order chi connectivity index (χ1) is 9.86. The summed E-state index contributed by atoms with van der Waals surface area (Å²) in [6.07, 6.45) is 2.73. The number of carbonyl (C=O) groups excluding carboxylic acids is 1. The Balaban J connectivity index is 2.52. The van der Waals surface area contributed by atoms with E-state index in [0.717, 1.165) is 25.1 Å². The van der Waals surface area contributed by atoms with Gasteiger partial charge in [0, 0.05) is 32.2 Å². The molecule has 0 aliphatic heterocycles. The molecule has 0 radical (unpaired) electrons. The van der Waals surface area contributed by atoms with Crippen LogP contribution < -0.4 is 5.32 Å². The van der Waals surface area contributed by atoms with E-state index in [1.807, 2.05) is 18.0 Å². The Morgan fingerprint density at radius 3 is 2.52 bits per heavy atom. The highest BCUT2D eigenvalue weighted by Gasteiger charge is 2.17. The third kappa shape index (κ3) is 5.78. The first-order valence-electron chi connectivity index (χ1n) is 7.93. The fourth-order valence-corrected chi connectivity index (χ4v) is 2.31. The van der Waals surface area contributed by atoms with Crippen LogP contribution in [-0.4, -0.2) is 30.9 Å². The zero-order valence-electron chi connectivity index (χ0n) is 14.2. The van der Waals surface area contributed by atoms with Crippen molar-refractivity contribution in [2.24, 2.45) is 0 Å². The Morgan fingerprint density at radius 2 is 1.90 bits per heavy atom. The first-order valence-corrected chi connectivity index (χ1v) is 7.93. The zero-order chi connectivity index (χ0) is 15.9. The normalized spacial score (nSPS) is 11.3. The molecule has 21 heavy (non-hydrogen) atoms. The van der Waals surface area contributed by atoms with Crippen molar-refractivity contribution in [2.75, 3.05) is 25.5 Å². The van der Waals surface area contributed by atoms with Crippen molar-refractivity contribution in [1.82, 2.24) is 4.90 Å². The van der Waals surface area contributed by atoms with Crippen LogP contribution in [0, 0.1) is 0 Å². The number of benzene rings is 1. The van der Waals surface area contributed by atoms with Crippen LogP contribution in [0.5, 0.6) is 0 Å². The number of unbranched alkanes of at least 4 members (excludes halogenated alkanes) is 1. The molecule has 0 aromatic heterocycles. The standard InChI is InChI=1S/C18H30N2O/c1-6-7-14-20(5)17(21)12-13-19-16-11-9-8-10-15(16)18(2,3)4/h8-11,19H,6-7,12-14H2,1-5H3. The summed E-state index contributed by atoms with van der Waals surface area (Å²) in [6, 6.07) is 8.34. The lowest BCUT2D eigenvalue weighted by atomic mass is 9.86. The number of nitrogens with zero attached hydrogens (tertiary/aromatic N) is 1. The number of para-hydroxylation sites is 1. The molecule has 0 bridgehead atoms. The number of carbonyl (C=O) groups is 1. The second-order valence-corrected chi connectivity index (χ2v) is 6.64. The van der Waals surface area contributed by atoms with Crippen molar-refractivity contribution < 1.29 is 4.79 Å². The van der Waals surface area contributed by atoms with Crippen LogP contribution in [0.25, 0.3) is 0 Å². The van der Waals surface area contributed by atoms with E-state index in [1.165, 1.54) is 5.56 Å². The van der Waals surface area contributed by atoms with E-state index in [-0.39, 0.29) is 11.3 Å². The molecule has 3 heteroatoms. The summed E-state index contributed by atoms with van der Waals surface area (Å²) < 4.78 is 0. The number of hydrogen-bond donors (Lipinski definition) is 1. The summed E-state index contributed by atoms with van der Waals surface area (Å²) in [5, 5.41) is 3.41. The Bertz CT molecular complexity index is 449. The second kappa shape index (κ2) is 8.06. The van der Waals surface area contributed by atoms with Crippen molar-refractivity contribution >= 4 is 11.6 Å². The molecule has 0 spiro atoms. The lowest BCUT2D eigenvalue weighted by molar-refractivity contribution is -0.129. The summed E-state index contributed by atoms with van der Waals surface area (Å²) in [5.74, 6) is 0.212. The lowest BCUT2D eigenvalue weighted by Gasteiger charge is -2.23. The molecule has 118 valence electrons. The molecular formula is C18H30N2O. The van der Waals surface area contributed by atoms with Gasteiger partial charge in [0.25, 0.3) is 0 Å². The van der Waals surface area contributed by atoms with E-state index in [9.17, 15) is 4.79 Å². The Morgan fingerprint density at radius 1 is 1.24 bits per heavy atom. The van der Waals surface area contributed by atoms with Gasteiger partial charge in [0.05, 0.1) is 0 Å². The van der Waals surface area contributed by atoms with Crippen LogP contribution in [0.3, 0.4) is 0 Å². The minimum absolute atomic E-state index is 0.103. The van der Waals surface area contributed by atoms with Crippen molar-refractivity contribution in [1.29, 1.82) is 0 Å². The molecule has 0 unspecified atom stereocenters. The third-order valence-electron chi connectivity index (χ3n) is 3.66. The van der Waals surface area contributed by atoms with Crippen molar-refractivity contribution in [2.45, 2.75) is 52.4 Å². The second-order valence-electron chi connectivity index (χ2n) is 6.64. The quantitative estimate of drug-likeness (QED) is 0.822. The predicted octanol–water partition coefficient (Wildman–Crippen LogP) is 4.04. The Kier molecular flexibility index (Phi) is 6.73. The Labute approximate surface area is 129 Å². The smallest absolute Gasteiger partial charge is 0.224 e. The molecular weight excluding hydrogens is 260 g/mol. The van der Waals surface area contributed by atoms with E-state index < -0.39 is 0 Å². The molecule has 1 rings (SSSR count). The van der Waals surface area contributed by atoms with E-state index in [0.29, 0.717) is 13.0 Å². The highest BCUT2D eigenvalue weighted by Crippen LogP contribution is 2.29. The number of rotatable bonds is 7. The largest absolute Gasteiger partial charge is 0.384 e. The number of anilines is 1. The van der Waals surface area contributed by atoms with Crippen molar-refractivity contribution in [3.8, 4) is 0 Å². The van der Waals surface area contributed by atoms with Crippen LogP contribution in [-0.2, 0) is 10.2 Å². The molecule has 1 amide bonds. The monoisotopic (exact) mass is 290 g/mol.